The Morgan fingerprint density at radius 3 is 2.69 bits per heavy atom. The molecule has 7 heteroatoms. The van der Waals surface area contributed by atoms with Crippen LogP contribution in [0, 0.1) is 11.3 Å². The van der Waals surface area contributed by atoms with Crippen LogP contribution < -0.4 is 10.6 Å². The molecular weight excluding hydrogens is 332 g/mol. The van der Waals surface area contributed by atoms with Crippen molar-refractivity contribution >= 4 is 12.1 Å². The van der Waals surface area contributed by atoms with Crippen LogP contribution in [0.2, 0.25) is 0 Å². The molecule has 0 bridgehead atoms. The van der Waals surface area contributed by atoms with Gasteiger partial charge in [0.1, 0.15) is 5.70 Å². The van der Waals surface area contributed by atoms with E-state index in [-0.39, 0.29) is 18.6 Å². The average Bonchev–Trinajstić information content (AvgIpc) is 3.07. The van der Waals surface area contributed by atoms with Crippen LogP contribution in [-0.4, -0.2) is 67.6 Å². The second-order valence-corrected chi connectivity index (χ2v) is 7.29. The van der Waals surface area contributed by atoms with E-state index in [1.54, 1.807) is 0 Å². The minimum Gasteiger partial charge on any atom is -0.483 e. The van der Waals surface area contributed by atoms with Crippen LogP contribution in [0.15, 0.2) is 11.5 Å². The van der Waals surface area contributed by atoms with Crippen LogP contribution in [0.3, 0.4) is 0 Å². The molecule has 1 saturated carbocycles. The van der Waals surface area contributed by atoms with Crippen molar-refractivity contribution in [1.29, 1.82) is 5.41 Å². The van der Waals surface area contributed by atoms with Crippen molar-refractivity contribution in [1.82, 2.24) is 15.5 Å². The van der Waals surface area contributed by atoms with Gasteiger partial charge in [-0.25, -0.2) is 0 Å². The maximum atomic E-state index is 12.8. The molecule has 1 aliphatic heterocycles. The fourth-order valence-corrected chi connectivity index (χ4v) is 3.56. The summed E-state index contributed by atoms with van der Waals surface area (Å²) in [4.78, 5) is 14.9. The van der Waals surface area contributed by atoms with Crippen LogP contribution in [-0.2, 0) is 9.53 Å². The quantitative estimate of drug-likeness (QED) is 0.202. The lowest BCUT2D eigenvalue weighted by Crippen LogP contribution is -2.44. The van der Waals surface area contributed by atoms with Gasteiger partial charge in [-0.1, -0.05) is 6.92 Å². The second-order valence-electron chi connectivity index (χ2n) is 7.29. The molecule has 0 aromatic heterocycles. The van der Waals surface area contributed by atoms with Crippen molar-refractivity contribution in [2.45, 2.75) is 51.6 Å². The Bertz CT molecular complexity index is 489. The lowest BCUT2D eigenvalue weighted by molar-refractivity contribution is -0.122. The van der Waals surface area contributed by atoms with Crippen molar-refractivity contribution in [2.24, 2.45) is 5.92 Å². The Morgan fingerprint density at radius 1 is 1.31 bits per heavy atom. The van der Waals surface area contributed by atoms with E-state index < -0.39 is 0 Å². The Kier molecular flexibility index (Phi) is 8.91. The summed E-state index contributed by atoms with van der Waals surface area (Å²) < 4.78 is 6.14. The third-order valence-electron chi connectivity index (χ3n) is 5.08. The van der Waals surface area contributed by atoms with Crippen molar-refractivity contribution in [2.75, 3.05) is 39.3 Å². The van der Waals surface area contributed by atoms with Crippen molar-refractivity contribution in [3.05, 3.63) is 11.5 Å². The standard InChI is InChI=1S/C19H34N4O3/c1-15-5-6-16(13-15)26-18(19(25)22-7-3-2-4-12-24)17(14-20)23-10-8-21-9-11-23/h14-16,20-21,24H,2-13H2,1H3,(H,22,25)/b18-17-,20-14?. The Hall–Kier alpha value is -1.60. The van der Waals surface area contributed by atoms with Gasteiger partial charge in [-0.2, -0.15) is 0 Å². The molecular formula is C19H34N4O3. The molecule has 2 fully saturated rings. The zero-order valence-electron chi connectivity index (χ0n) is 15.9. The van der Waals surface area contributed by atoms with Gasteiger partial charge in [-0.3, -0.25) is 4.79 Å². The topological polar surface area (TPSA) is 97.7 Å². The van der Waals surface area contributed by atoms with Crippen molar-refractivity contribution in [3.8, 4) is 0 Å². The fourth-order valence-electron chi connectivity index (χ4n) is 3.56. The number of aliphatic hydroxyl groups excluding tert-OH is 1. The molecule has 1 amide bonds. The minimum absolute atomic E-state index is 0.0537. The highest BCUT2D eigenvalue weighted by Crippen LogP contribution is 2.29. The van der Waals surface area contributed by atoms with Gasteiger partial charge >= 0.3 is 0 Å². The Balaban J connectivity index is 2.07. The zero-order valence-corrected chi connectivity index (χ0v) is 15.9. The molecule has 0 aromatic carbocycles. The number of amides is 1. The first-order chi connectivity index (χ1) is 12.7. The van der Waals surface area contributed by atoms with Crippen LogP contribution >= 0.6 is 0 Å². The first-order valence-corrected chi connectivity index (χ1v) is 9.91. The monoisotopic (exact) mass is 366 g/mol. The number of hydrogen-bond donors (Lipinski definition) is 4. The molecule has 2 atom stereocenters. The van der Waals surface area contributed by atoms with Gasteiger partial charge in [0.25, 0.3) is 5.91 Å². The summed E-state index contributed by atoms with van der Waals surface area (Å²) in [5.74, 6) is 0.680. The summed E-state index contributed by atoms with van der Waals surface area (Å²) in [6.07, 6.45) is 6.80. The lowest BCUT2D eigenvalue weighted by atomic mass is 10.1. The van der Waals surface area contributed by atoms with Gasteiger partial charge in [0.05, 0.1) is 6.10 Å². The van der Waals surface area contributed by atoms with E-state index in [0.29, 0.717) is 23.9 Å². The lowest BCUT2D eigenvalue weighted by Gasteiger charge is -2.31. The van der Waals surface area contributed by atoms with Gasteiger partial charge in [-0.15, -0.1) is 0 Å². The number of ether oxygens (including phenoxy) is 1. The Morgan fingerprint density at radius 2 is 2.08 bits per heavy atom. The number of nitrogens with one attached hydrogen (secondary N) is 3. The molecule has 0 spiro atoms. The third kappa shape index (κ3) is 6.29. The molecule has 7 nitrogen and oxygen atoms in total. The maximum absolute atomic E-state index is 12.8. The second kappa shape index (κ2) is 11.2. The summed E-state index contributed by atoms with van der Waals surface area (Å²) in [6, 6.07) is 0. The predicted octanol–water partition coefficient (Wildman–Crippen LogP) is 1.24. The molecule has 4 N–H and O–H groups in total. The highest BCUT2D eigenvalue weighted by atomic mass is 16.5. The number of piperazine rings is 1. The molecule has 1 saturated heterocycles. The SMILES string of the molecule is CC1CCC(O/C(C(=O)NCCCCCO)=C(/C=N)N2CCNCC2)C1. The smallest absolute Gasteiger partial charge is 0.288 e. The van der Waals surface area contributed by atoms with E-state index in [9.17, 15) is 4.79 Å². The largest absolute Gasteiger partial charge is 0.483 e. The average molecular weight is 367 g/mol. The number of allylic oxidation sites excluding steroid dienone is 1. The molecule has 1 aliphatic carbocycles. The normalized spacial score (nSPS) is 24.2. The number of carbonyl (C=O) groups is 1. The number of aliphatic hydroxyl groups is 1. The number of nitrogens with zero attached hydrogens (tertiary/aromatic N) is 1. The highest BCUT2D eigenvalue weighted by molar-refractivity contribution is 5.97. The maximum Gasteiger partial charge on any atom is 0.288 e. The first-order valence-electron chi connectivity index (χ1n) is 9.91. The molecule has 2 unspecified atom stereocenters. The third-order valence-corrected chi connectivity index (χ3v) is 5.08. The van der Waals surface area contributed by atoms with E-state index in [1.165, 1.54) is 6.21 Å². The number of carbonyl (C=O) groups excluding carboxylic acids is 1. The van der Waals surface area contributed by atoms with Crippen LogP contribution in [0.5, 0.6) is 0 Å². The first kappa shape index (κ1) is 20.7. The van der Waals surface area contributed by atoms with Gasteiger partial charge < -0.3 is 30.8 Å². The van der Waals surface area contributed by atoms with E-state index in [2.05, 4.69) is 22.5 Å². The van der Waals surface area contributed by atoms with Crippen LogP contribution in [0.4, 0.5) is 0 Å². The number of unbranched alkanes of at least 4 members (excludes halogenated alkanes) is 2. The van der Waals surface area contributed by atoms with Gasteiger partial charge in [0, 0.05) is 45.5 Å². The van der Waals surface area contributed by atoms with E-state index >= 15 is 0 Å². The number of hydrogen-bond acceptors (Lipinski definition) is 6. The zero-order chi connectivity index (χ0) is 18.8. The molecule has 26 heavy (non-hydrogen) atoms. The molecule has 148 valence electrons. The predicted molar refractivity (Wildman–Crippen MR) is 102 cm³/mol. The number of rotatable bonds is 10. The van der Waals surface area contributed by atoms with Crippen LogP contribution in [0.25, 0.3) is 0 Å². The summed E-state index contributed by atoms with van der Waals surface area (Å²) in [7, 11) is 0. The van der Waals surface area contributed by atoms with Crippen LogP contribution in [0.1, 0.15) is 45.4 Å². The fraction of sp³-hybridized carbons (Fsp3) is 0.789. The van der Waals surface area contributed by atoms with Gasteiger partial charge in [0.2, 0.25) is 5.76 Å². The van der Waals surface area contributed by atoms with Gasteiger partial charge in [-0.05, 0) is 44.4 Å². The molecule has 0 radical (unpaired) electrons. The summed E-state index contributed by atoms with van der Waals surface area (Å²) in [6.45, 7) is 6.16. The Labute approximate surface area is 156 Å². The van der Waals surface area contributed by atoms with E-state index in [4.69, 9.17) is 15.3 Å². The van der Waals surface area contributed by atoms with Crippen molar-refractivity contribution < 1.29 is 14.6 Å². The summed E-state index contributed by atoms with van der Waals surface area (Å²) in [5.41, 5.74) is 0.582. The van der Waals surface area contributed by atoms with Gasteiger partial charge in [0.15, 0.2) is 0 Å². The van der Waals surface area contributed by atoms with E-state index in [1.807, 2.05) is 0 Å². The van der Waals surface area contributed by atoms with Crippen molar-refractivity contribution in [3.63, 3.8) is 0 Å². The highest BCUT2D eigenvalue weighted by Gasteiger charge is 2.28. The molecule has 2 rings (SSSR count). The minimum atomic E-state index is -0.231. The van der Waals surface area contributed by atoms with E-state index in [0.717, 1.165) is 64.7 Å². The summed E-state index contributed by atoms with van der Waals surface area (Å²) in [5, 5.41) is 22.9. The molecule has 0 aromatic rings. The summed E-state index contributed by atoms with van der Waals surface area (Å²) >= 11 is 0. The molecule has 1 heterocycles. The molecule has 2 aliphatic rings.